The molecule has 0 bridgehead atoms. The number of aromatic amines is 1. The predicted octanol–water partition coefficient (Wildman–Crippen LogP) is 4.82. The quantitative estimate of drug-likeness (QED) is 0.700. The first-order valence-corrected chi connectivity index (χ1v) is 9.51. The van der Waals surface area contributed by atoms with Crippen LogP contribution in [0.25, 0.3) is 11.0 Å². The Hall–Kier alpha value is -2.04. The Labute approximate surface area is 162 Å². The van der Waals surface area contributed by atoms with Crippen LogP contribution in [0, 0.1) is 0 Å². The fraction of sp³-hybridized carbons (Fsp3) is 0.300. The van der Waals surface area contributed by atoms with Crippen molar-refractivity contribution in [1.82, 2.24) is 14.9 Å². The van der Waals surface area contributed by atoms with Crippen molar-refractivity contribution in [2.45, 2.75) is 25.2 Å². The maximum Gasteiger partial charge on any atom is 0.227 e. The zero-order chi connectivity index (χ0) is 18.1. The molecule has 4 rings (SSSR count). The van der Waals surface area contributed by atoms with E-state index in [1.807, 2.05) is 17.0 Å². The maximum absolute atomic E-state index is 12.8. The number of pyridine rings is 1. The van der Waals surface area contributed by atoms with Gasteiger partial charge in [0.2, 0.25) is 5.91 Å². The first-order chi connectivity index (χ1) is 12.6. The lowest BCUT2D eigenvalue weighted by Gasteiger charge is -2.32. The summed E-state index contributed by atoms with van der Waals surface area (Å²) in [6.07, 6.45) is 4.15. The maximum atomic E-state index is 12.8. The van der Waals surface area contributed by atoms with Crippen molar-refractivity contribution >= 4 is 40.1 Å². The van der Waals surface area contributed by atoms with Gasteiger partial charge in [-0.15, -0.1) is 0 Å². The first-order valence-electron chi connectivity index (χ1n) is 8.75. The molecule has 1 aromatic carbocycles. The Bertz CT molecular complexity index is 920. The normalized spacial score (nSPS) is 17.6. The highest BCUT2D eigenvalue weighted by molar-refractivity contribution is 6.35. The molecule has 0 spiro atoms. The number of carbonyl (C=O) groups is 1. The third kappa shape index (κ3) is 3.57. The van der Waals surface area contributed by atoms with Gasteiger partial charge in [-0.05, 0) is 48.7 Å². The summed E-state index contributed by atoms with van der Waals surface area (Å²) < 4.78 is 0. The number of fused-ring (bicyclic) bond motifs is 1. The number of halogens is 2. The van der Waals surface area contributed by atoms with E-state index in [1.165, 1.54) is 0 Å². The van der Waals surface area contributed by atoms with Crippen LogP contribution >= 0.6 is 23.2 Å². The van der Waals surface area contributed by atoms with Crippen LogP contribution in [0.15, 0.2) is 42.6 Å². The van der Waals surface area contributed by atoms with Crippen molar-refractivity contribution in [1.29, 1.82) is 0 Å². The van der Waals surface area contributed by atoms with Crippen LogP contribution in [0.3, 0.4) is 0 Å². The van der Waals surface area contributed by atoms with Crippen molar-refractivity contribution in [2.24, 2.45) is 0 Å². The lowest BCUT2D eigenvalue weighted by Crippen LogP contribution is -2.40. The Morgan fingerprint density at radius 1 is 1.27 bits per heavy atom. The van der Waals surface area contributed by atoms with Crippen LogP contribution in [0.1, 0.15) is 30.0 Å². The lowest BCUT2D eigenvalue weighted by molar-refractivity contribution is -0.131. The minimum atomic E-state index is 0.105. The predicted molar refractivity (Wildman–Crippen MR) is 105 cm³/mol. The molecule has 1 unspecified atom stereocenters. The molecule has 26 heavy (non-hydrogen) atoms. The molecule has 3 heterocycles. The van der Waals surface area contributed by atoms with Crippen molar-refractivity contribution < 1.29 is 4.79 Å². The summed E-state index contributed by atoms with van der Waals surface area (Å²) in [6, 6.07) is 11.4. The Morgan fingerprint density at radius 3 is 2.96 bits per heavy atom. The van der Waals surface area contributed by atoms with Crippen LogP contribution in [0.2, 0.25) is 10.0 Å². The SMILES string of the molecule is O=C(Cc1ccc(Cl)cc1Cl)N1CCCC(c2cc3cccnc3[nH]2)C1. The second-order valence-corrected chi connectivity index (χ2v) is 7.60. The smallest absolute Gasteiger partial charge is 0.227 e. The summed E-state index contributed by atoms with van der Waals surface area (Å²) in [4.78, 5) is 22.5. The summed E-state index contributed by atoms with van der Waals surface area (Å²) in [5.74, 6) is 0.413. The van der Waals surface area contributed by atoms with E-state index in [9.17, 15) is 4.79 Å². The molecule has 0 radical (unpaired) electrons. The molecule has 134 valence electrons. The van der Waals surface area contributed by atoms with Gasteiger partial charge in [0.05, 0.1) is 6.42 Å². The Balaban J connectivity index is 1.48. The zero-order valence-electron chi connectivity index (χ0n) is 14.2. The highest BCUT2D eigenvalue weighted by atomic mass is 35.5. The number of rotatable bonds is 3. The van der Waals surface area contributed by atoms with Gasteiger partial charge in [-0.3, -0.25) is 4.79 Å². The number of H-pyrrole nitrogens is 1. The molecule has 1 amide bonds. The molecule has 0 aliphatic carbocycles. The first kappa shape index (κ1) is 17.4. The minimum absolute atomic E-state index is 0.105. The number of nitrogens with one attached hydrogen (secondary N) is 1. The molecule has 6 heteroatoms. The van der Waals surface area contributed by atoms with Crippen molar-refractivity contribution in [3.63, 3.8) is 0 Å². The number of carbonyl (C=O) groups excluding carboxylic acids is 1. The molecule has 1 aliphatic rings. The van der Waals surface area contributed by atoms with Crippen LogP contribution in [-0.2, 0) is 11.2 Å². The standard InChI is InChI=1S/C20H19Cl2N3O/c21-16-6-5-13(17(22)11-16)10-19(26)25-8-2-4-15(12-25)18-9-14-3-1-7-23-20(14)24-18/h1,3,5-7,9,11,15H,2,4,8,10,12H2,(H,23,24). The van der Waals surface area contributed by atoms with Crippen LogP contribution in [0.4, 0.5) is 0 Å². The fourth-order valence-corrected chi connectivity index (χ4v) is 4.07. The van der Waals surface area contributed by atoms with E-state index in [2.05, 4.69) is 22.1 Å². The number of benzene rings is 1. The van der Waals surface area contributed by atoms with Gasteiger partial charge in [-0.1, -0.05) is 29.3 Å². The molecule has 0 saturated carbocycles. The van der Waals surface area contributed by atoms with Gasteiger partial charge in [0, 0.05) is 46.3 Å². The summed E-state index contributed by atoms with van der Waals surface area (Å²) >= 11 is 12.1. The van der Waals surface area contributed by atoms with Gasteiger partial charge in [0.15, 0.2) is 0 Å². The number of amides is 1. The summed E-state index contributed by atoms with van der Waals surface area (Å²) in [6.45, 7) is 1.51. The summed E-state index contributed by atoms with van der Waals surface area (Å²) in [7, 11) is 0. The molecule has 1 saturated heterocycles. The van der Waals surface area contributed by atoms with E-state index in [4.69, 9.17) is 23.2 Å². The largest absolute Gasteiger partial charge is 0.343 e. The van der Waals surface area contributed by atoms with Gasteiger partial charge >= 0.3 is 0 Å². The number of hydrogen-bond acceptors (Lipinski definition) is 2. The van der Waals surface area contributed by atoms with E-state index >= 15 is 0 Å². The number of nitrogens with zero attached hydrogens (tertiary/aromatic N) is 2. The number of piperidine rings is 1. The second kappa shape index (κ2) is 7.29. The Kier molecular flexibility index (Phi) is 4.88. The van der Waals surface area contributed by atoms with E-state index in [-0.39, 0.29) is 5.91 Å². The molecule has 2 aromatic heterocycles. The van der Waals surface area contributed by atoms with Gasteiger partial charge < -0.3 is 9.88 Å². The van der Waals surface area contributed by atoms with Gasteiger partial charge in [0.25, 0.3) is 0 Å². The second-order valence-electron chi connectivity index (χ2n) is 6.76. The van der Waals surface area contributed by atoms with Gasteiger partial charge in [-0.2, -0.15) is 0 Å². The molecule has 1 aliphatic heterocycles. The van der Waals surface area contributed by atoms with Gasteiger partial charge in [-0.25, -0.2) is 4.98 Å². The third-order valence-electron chi connectivity index (χ3n) is 4.98. The monoisotopic (exact) mass is 387 g/mol. The lowest BCUT2D eigenvalue weighted by atomic mass is 9.94. The molecule has 3 aromatic rings. The van der Waals surface area contributed by atoms with E-state index < -0.39 is 0 Å². The van der Waals surface area contributed by atoms with Crippen molar-refractivity contribution in [3.05, 3.63) is 63.9 Å². The van der Waals surface area contributed by atoms with Crippen LogP contribution in [0.5, 0.6) is 0 Å². The van der Waals surface area contributed by atoms with E-state index in [0.29, 0.717) is 22.4 Å². The number of likely N-dealkylation sites (tertiary alicyclic amines) is 1. The highest BCUT2D eigenvalue weighted by Gasteiger charge is 2.26. The molecular weight excluding hydrogens is 369 g/mol. The average Bonchev–Trinajstić information content (AvgIpc) is 3.08. The molecular formula is C20H19Cl2N3O. The number of aromatic nitrogens is 2. The molecule has 1 N–H and O–H groups in total. The molecule has 1 fully saturated rings. The summed E-state index contributed by atoms with van der Waals surface area (Å²) in [5, 5.41) is 2.23. The van der Waals surface area contributed by atoms with E-state index in [0.717, 1.165) is 48.2 Å². The summed E-state index contributed by atoms with van der Waals surface area (Å²) in [5.41, 5.74) is 2.87. The van der Waals surface area contributed by atoms with E-state index in [1.54, 1.807) is 18.3 Å². The average molecular weight is 388 g/mol. The fourth-order valence-electron chi connectivity index (χ4n) is 3.60. The number of hydrogen-bond donors (Lipinski definition) is 1. The zero-order valence-corrected chi connectivity index (χ0v) is 15.7. The minimum Gasteiger partial charge on any atom is -0.343 e. The van der Waals surface area contributed by atoms with Crippen molar-refractivity contribution in [3.8, 4) is 0 Å². The van der Waals surface area contributed by atoms with Gasteiger partial charge in [0.1, 0.15) is 5.65 Å². The highest BCUT2D eigenvalue weighted by Crippen LogP contribution is 2.29. The van der Waals surface area contributed by atoms with Crippen LogP contribution < -0.4 is 0 Å². The topological polar surface area (TPSA) is 49.0 Å². The Morgan fingerprint density at radius 2 is 2.15 bits per heavy atom. The third-order valence-corrected chi connectivity index (χ3v) is 5.57. The molecule has 1 atom stereocenters. The van der Waals surface area contributed by atoms with Crippen molar-refractivity contribution in [2.75, 3.05) is 13.1 Å². The van der Waals surface area contributed by atoms with Crippen LogP contribution in [-0.4, -0.2) is 33.9 Å². The molecule has 4 nitrogen and oxygen atoms in total.